The van der Waals surface area contributed by atoms with Crippen LogP contribution in [0.3, 0.4) is 0 Å². The Bertz CT molecular complexity index is 1010. The largest absolute Gasteiger partial charge is 0.494 e. The van der Waals surface area contributed by atoms with Crippen molar-refractivity contribution in [3.63, 3.8) is 0 Å². The number of aliphatic hydroxyl groups is 1. The number of pyridine rings is 1. The highest BCUT2D eigenvalue weighted by atomic mass is 35.5. The van der Waals surface area contributed by atoms with Gasteiger partial charge in [0.15, 0.2) is 5.13 Å². The van der Waals surface area contributed by atoms with Gasteiger partial charge in [-0.25, -0.2) is 9.97 Å². The highest BCUT2D eigenvalue weighted by Gasteiger charge is 2.25. The van der Waals surface area contributed by atoms with Crippen LogP contribution in [-0.2, 0) is 6.61 Å². The molecule has 0 radical (unpaired) electrons. The minimum atomic E-state index is -0.361. The number of aromatic nitrogens is 2. The Morgan fingerprint density at radius 1 is 1.31 bits per heavy atom. The Hall–Kier alpha value is -2.29. The summed E-state index contributed by atoms with van der Waals surface area (Å²) in [6, 6.07) is 5.34. The second-order valence-corrected chi connectivity index (χ2v) is 8.44. The highest BCUT2D eigenvalue weighted by molar-refractivity contribution is 7.22. The van der Waals surface area contributed by atoms with Crippen LogP contribution in [0.25, 0.3) is 10.2 Å². The highest BCUT2D eigenvalue weighted by Crippen LogP contribution is 2.43. The second-order valence-electron chi connectivity index (χ2n) is 7.07. The number of hydrogen-bond donors (Lipinski definition) is 3. The third-order valence-electron chi connectivity index (χ3n) is 5.04. The molecule has 0 spiro atoms. The van der Waals surface area contributed by atoms with Crippen molar-refractivity contribution in [2.45, 2.75) is 44.4 Å². The molecule has 7 nitrogen and oxygen atoms in total. The first-order chi connectivity index (χ1) is 14.0. The van der Waals surface area contributed by atoms with E-state index in [0.717, 1.165) is 35.9 Å². The van der Waals surface area contributed by atoms with E-state index in [-0.39, 0.29) is 12.1 Å². The van der Waals surface area contributed by atoms with Crippen LogP contribution in [0.4, 0.5) is 10.9 Å². The number of nitrogen functional groups attached to an aromatic ring is 1. The number of anilines is 2. The lowest BCUT2D eigenvalue weighted by molar-refractivity contribution is 0.116. The van der Waals surface area contributed by atoms with Crippen molar-refractivity contribution in [2.75, 3.05) is 18.2 Å². The molecule has 9 heteroatoms. The Kier molecular flexibility index (Phi) is 5.94. The van der Waals surface area contributed by atoms with Gasteiger partial charge in [-0.15, -0.1) is 0 Å². The fraction of sp³-hybridized carbons (Fsp3) is 0.400. The minimum Gasteiger partial charge on any atom is -0.494 e. The number of rotatable bonds is 6. The van der Waals surface area contributed by atoms with Gasteiger partial charge in [-0.1, -0.05) is 35.8 Å². The monoisotopic (exact) mass is 434 g/mol. The van der Waals surface area contributed by atoms with Crippen LogP contribution in [0.5, 0.6) is 11.5 Å². The van der Waals surface area contributed by atoms with Gasteiger partial charge in [-0.2, -0.15) is 0 Å². The van der Waals surface area contributed by atoms with Gasteiger partial charge >= 0.3 is 0 Å². The number of halogens is 1. The van der Waals surface area contributed by atoms with E-state index in [4.69, 9.17) is 26.8 Å². The third kappa shape index (κ3) is 4.34. The van der Waals surface area contributed by atoms with E-state index < -0.39 is 0 Å². The fourth-order valence-electron chi connectivity index (χ4n) is 3.50. The van der Waals surface area contributed by atoms with E-state index in [1.807, 2.05) is 6.07 Å². The van der Waals surface area contributed by atoms with Crippen LogP contribution >= 0.6 is 22.9 Å². The molecule has 1 aliphatic rings. The lowest BCUT2D eigenvalue weighted by Crippen LogP contribution is -2.36. The summed E-state index contributed by atoms with van der Waals surface area (Å²) in [5.41, 5.74) is 7.29. The summed E-state index contributed by atoms with van der Waals surface area (Å²) in [7, 11) is 1.59. The maximum atomic E-state index is 10.2. The lowest BCUT2D eigenvalue weighted by Gasteiger charge is -2.27. The molecule has 29 heavy (non-hydrogen) atoms. The lowest BCUT2D eigenvalue weighted by atomic mass is 9.93. The van der Waals surface area contributed by atoms with Crippen molar-refractivity contribution in [1.29, 1.82) is 0 Å². The molecule has 1 aromatic carbocycles. The van der Waals surface area contributed by atoms with E-state index in [2.05, 4.69) is 15.3 Å². The smallest absolute Gasteiger partial charge is 0.184 e. The molecule has 154 valence electrons. The van der Waals surface area contributed by atoms with Crippen molar-refractivity contribution < 1.29 is 14.6 Å². The van der Waals surface area contributed by atoms with Gasteiger partial charge in [0, 0.05) is 12.3 Å². The summed E-state index contributed by atoms with van der Waals surface area (Å²) >= 11 is 8.06. The van der Waals surface area contributed by atoms with Gasteiger partial charge in [0.1, 0.15) is 34.5 Å². The first-order valence-corrected chi connectivity index (χ1v) is 10.7. The van der Waals surface area contributed by atoms with Crippen molar-refractivity contribution in [2.24, 2.45) is 0 Å². The first-order valence-electron chi connectivity index (χ1n) is 9.50. The van der Waals surface area contributed by atoms with E-state index in [1.165, 1.54) is 11.3 Å². The third-order valence-corrected chi connectivity index (χ3v) is 6.53. The van der Waals surface area contributed by atoms with Gasteiger partial charge in [-0.05, 0) is 30.5 Å². The molecule has 1 aliphatic carbocycles. The van der Waals surface area contributed by atoms with Crippen LogP contribution in [0.1, 0.15) is 31.2 Å². The Balaban J connectivity index is 1.60. The molecule has 2 heterocycles. The molecule has 0 bridgehead atoms. The molecule has 1 fully saturated rings. The average molecular weight is 435 g/mol. The molecule has 0 aliphatic heterocycles. The predicted octanol–water partition coefficient (Wildman–Crippen LogP) is 4.23. The number of nitrogens with two attached hydrogens (primary N) is 1. The van der Waals surface area contributed by atoms with Gasteiger partial charge in [0.2, 0.25) is 0 Å². The van der Waals surface area contributed by atoms with Crippen LogP contribution in [-0.4, -0.2) is 34.3 Å². The van der Waals surface area contributed by atoms with E-state index in [9.17, 15) is 5.11 Å². The maximum absolute atomic E-state index is 10.2. The van der Waals surface area contributed by atoms with Crippen molar-refractivity contribution in [3.05, 3.63) is 35.0 Å². The average Bonchev–Trinajstić information content (AvgIpc) is 3.14. The number of ether oxygens (including phenoxy) is 2. The summed E-state index contributed by atoms with van der Waals surface area (Å²) in [5.74, 6) is 1.54. The Morgan fingerprint density at radius 3 is 2.90 bits per heavy atom. The number of fused-ring (bicyclic) bond motifs is 1. The summed E-state index contributed by atoms with van der Waals surface area (Å²) in [4.78, 5) is 8.63. The summed E-state index contributed by atoms with van der Waals surface area (Å²) in [6.45, 7) is 0.305. The van der Waals surface area contributed by atoms with E-state index in [1.54, 1.807) is 25.4 Å². The molecule has 1 saturated carbocycles. The molecule has 0 amide bonds. The molecule has 4 N–H and O–H groups in total. The van der Waals surface area contributed by atoms with Gasteiger partial charge in [0.05, 0.1) is 24.0 Å². The molecule has 4 rings (SSSR count). The summed E-state index contributed by atoms with van der Waals surface area (Å²) < 4.78 is 12.2. The molecule has 2 aromatic heterocycles. The number of thiazole rings is 1. The van der Waals surface area contributed by atoms with Crippen molar-refractivity contribution >= 4 is 44.1 Å². The van der Waals surface area contributed by atoms with Crippen LogP contribution in [0.2, 0.25) is 5.02 Å². The molecule has 0 saturated heterocycles. The second kappa shape index (κ2) is 8.61. The van der Waals surface area contributed by atoms with Gasteiger partial charge in [0.25, 0.3) is 0 Å². The number of nitrogens with one attached hydrogen (secondary N) is 1. The number of benzene rings is 1. The van der Waals surface area contributed by atoms with Crippen LogP contribution in [0, 0.1) is 0 Å². The van der Waals surface area contributed by atoms with Crippen LogP contribution in [0.15, 0.2) is 24.4 Å². The van der Waals surface area contributed by atoms with Gasteiger partial charge in [-0.3, -0.25) is 0 Å². The number of hydrogen-bond acceptors (Lipinski definition) is 8. The number of aliphatic hydroxyl groups excluding tert-OH is 1. The standard InChI is InChI=1S/C20H23ClN4O3S/c1-27-15-9-14(28-10-11-6-7-23-16(22)8-11)17(21)19-18(15)25-20(29-19)24-12-4-2-3-5-13(12)26/h6-9,12-13,26H,2-5,10H2,1H3,(H2,22,23)(H,24,25)/t12-,13-/m0/s1. The zero-order chi connectivity index (χ0) is 20.4. The van der Waals surface area contributed by atoms with Crippen molar-refractivity contribution in [3.8, 4) is 11.5 Å². The normalized spacial score (nSPS) is 19.3. The minimum absolute atomic E-state index is 0.00181. The first kappa shape index (κ1) is 20.0. The molecule has 2 atom stereocenters. The van der Waals surface area contributed by atoms with E-state index >= 15 is 0 Å². The molecule has 0 unspecified atom stereocenters. The zero-order valence-corrected chi connectivity index (χ0v) is 17.6. The Morgan fingerprint density at radius 2 is 2.14 bits per heavy atom. The number of nitrogens with zero attached hydrogens (tertiary/aromatic N) is 2. The predicted molar refractivity (Wildman–Crippen MR) is 116 cm³/mol. The quantitative estimate of drug-likeness (QED) is 0.533. The maximum Gasteiger partial charge on any atom is 0.184 e. The van der Waals surface area contributed by atoms with Crippen molar-refractivity contribution in [1.82, 2.24) is 9.97 Å². The zero-order valence-electron chi connectivity index (χ0n) is 16.0. The van der Waals surface area contributed by atoms with E-state index in [0.29, 0.717) is 39.6 Å². The summed E-state index contributed by atoms with van der Waals surface area (Å²) in [6.07, 6.45) is 5.17. The summed E-state index contributed by atoms with van der Waals surface area (Å²) in [5, 5.41) is 14.8. The number of methoxy groups -OCH3 is 1. The van der Waals surface area contributed by atoms with Crippen LogP contribution < -0.4 is 20.5 Å². The van der Waals surface area contributed by atoms with Gasteiger partial charge < -0.3 is 25.6 Å². The Labute approximate surface area is 177 Å². The SMILES string of the molecule is COc1cc(OCc2ccnc(N)c2)c(Cl)c2sc(N[C@H]3CCCC[C@@H]3O)nc12. The topological polar surface area (TPSA) is 103 Å². The molecular formula is C20H23ClN4O3S. The fourth-order valence-corrected chi connectivity index (χ4v) is 4.79. The molecular weight excluding hydrogens is 412 g/mol. The molecule has 3 aromatic rings.